The Morgan fingerprint density at radius 2 is 1.66 bits per heavy atom. The molecule has 0 saturated carbocycles. The third-order valence-corrected chi connectivity index (χ3v) is 10.4. The molecule has 1 aliphatic rings. The fourth-order valence-electron chi connectivity index (χ4n) is 5.49. The number of thiazole rings is 1. The van der Waals surface area contributed by atoms with Crippen LogP contribution in [0.2, 0.25) is 0 Å². The van der Waals surface area contributed by atoms with Crippen molar-refractivity contribution in [2.45, 2.75) is 26.1 Å². The number of hydrogen-bond donors (Lipinski definition) is 2. The molecular formula is C35H27F3IN3O6S2. The number of hydrogen-bond acceptors (Lipinski definition) is 8. The molecule has 258 valence electrons. The maximum absolute atomic E-state index is 13.6. The molecule has 0 spiro atoms. The maximum Gasteiger partial charge on any atom is 0.449 e. The standard InChI is InChI=1S/C26H22F3N3O3S2.C9H5IO3/c1-14-5-3-6-16(9-14)23-22(31-15(2)37-23)25(34)32-13-36-12-17(32)11-30-24(33)18-7-4-8-20-19(18)10-21(35-20)26(27,28)29;10-8-4-6-5(9(11)12)2-1-3-7(6)13-8/h3-10,17H,11-13H2,1-2H3,(H,30,33);1-4H,(H,11,12). The molecule has 1 saturated heterocycles. The predicted molar refractivity (Wildman–Crippen MR) is 194 cm³/mol. The summed E-state index contributed by atoms with van der Waals surface area (Å²) in [6.07, 6.45) is -4.65. The summed E-state index contributed by atoms with van der Waals surface area (Å²) in [5.74, 6) is -1.76. The van der Waals surface area contributed by atoms with Crippen molar-refractivity contribution in [3.63, 3.8) is 0 Å². The molecule has 1 unspecified atom stereocenters. The van der Waals surface area contributed by atoms with Crippen molar-refractivity contribution in [1.82, 2.24) is 15.2 Å². The van der Waals surface area contributed by atoms with Crippen LogP contribution in [0.25, 0.3) is 32.4 Å². The first-order chi connectivity index (χ1) is 23.8. The zero-order chi connectivity index (χ0) is 35.7. The molecule has 9 nitrogen and oxygen atoms in total. The normalized spacial score (nSPS) is 14.5. The Balaban J connectivity index is 0.000000278. The van der Waals surface area contributed by atoms with Gasteiger partial charge in [-0.3, -0.25) is 9.59 Å². The number of thioether (sulfide) groups is 1. The van der Waals surface area contributed by atoms with Gasteiger partial charge >= 0.3 is 12.1 Å². The van der Waals surface area contributed by atoms with Crippen molar-refractivity contribution in [2.75, 3.05) is 18.2 Å². The van der Waals surface area contributed by atoms with Crippen LogP contribution in [0, 0.1) is 17.6 Å². The van der Waals surface area contributed by atoms with Gasteiger partial charge in [0.1, 0.15) is 16.9 Å². The van der Waals surface area contributed by atoms with E-state index in [4.69, 9.17) is 13.9 Å². The van der Waals surface area contributed by atoms with E-state index in [0.717, 1.165) is 27.1 Å². The Hall–Kier alpha value is -4.35. The molecule has 4 heterocycles. The van der Waals surface area contributed by atoms with Gasteiger partial charge in [0.15, 0.2) is 3.77 Å². The fourth-order valence-corrected chi connectivity index (χ4v) is 8.14. The Morgan fingerprint density at radius 1 is 0.980 bits per heavy atom. The van der Waals surface area contributed by atoms with Gasteiger partial charge in [0.05, 0.1) is 32.9 Å². The van der Waals surface area contributed by atoms with Gasteiger partial charge in [-0.25, -0.2) is 9.78 Å². The van der Waals surface area contributed by atoms with E-state index in [1.54, 1.807) is 40.9 Å². The van der Waals surface area contributed by atoms with Crippen LogP contribution in [0.4, 0.5) is 13.2 Å². The van der Waals surface area contributed by atoms with Crippen molar-refractivity contribution in [3.05, 3.63) is 110 Å². The summed E-state index contributed by atoms with van der Waals surface area (Å²) < 4.78 is 50.1. The van der Waals surface area contributed by atoms with E-state index >= 15 is 0 Å². The van der Waals surface area contributed by atoms with Crippen LogP contribution in [-0.4, -0.2) is 57.0 Å². The van der Waals surface area contributed by atoms with Gasteiger partial charge in [0.2, 0.25) is 5.76 Å². The van der Waals surface area contributed by atoms with Gasteiger partial charge in [0, 0.05) is 23.1 Å². The van der Waals surface area contributed by atoms with Crippen molar-refractivity contribution < 1.29 is 41.5 Å². The number of alkyl halides is 3. The van der Waals surface area contributed by atoms with Gasteiger partial charge in [-0.15, -0.1) is 23.1 Å². The monoisotopic (exact) mass is 833 g/mol. The Morgan fingerprint density at radius 3 is 2.36 bits per heavy atom. The molecule has 3 aromatic heterocycles. The van der Waals surface area contributed by atoms with E-state index in [1.807, 2.05) is 60.7 Å². The zero-order valence-corrected chi connectivity index (χ0v) is 30.1. The van der Waals surface area contributed by atoms with Crippen LogP contribution < -0.4 is 5.32 Å². The third kappa shape index (κ3) is 7.54. The van der Waals surface area contributed by atoms with Gasteiger partial charge in [-0.2, -0.15) is 13.2 Å². The lowest BCUT2D eigenvalue weighted by Gasteiger charge is -2.24. The smallest absolute Gasteiger partial charge is 0.449 e. The van der Waals surface area contributed by atoms with Crippen LogP contribution in [0.5, 0.6) is 0 Å². The highest BCUT2D eigenvalue weighted by Gasteiger charge is 2.36. The number of fused-ring (bicyclic) bond motifs is 2. The van der Waals surface area contributed by atoms with Gasteiger partial charge in [-0.05, 0) is 78.4 Å². The van der Waals surface area contributed by atoms with Crippen LogP contribution >= 0.6 is 45.7 Å². The number of aromatic carboxylic acids is 1. The number of furan rings is 2. The summed E-state index contributed by atoms with van der Waals surface area (Å²) in [7, 11) is 0. The molecule has 50 heavy (non-hydrogen) atoms. The number of amides is 2. The molecule has 2 N–H and O–H groups in total. The molecule has 0 aliphatic carbocycles. The Bertz CT molecular complexity index is 2250. The second-order valence-corrected chi connectivity index (χ2v) is 14.6. The number of carboxylic acids is 1. The van der Waals surface area contributed by atoms with E-state index in [1.165, 1.54) is 29.5 Å². The van der Waals surface area contributed by atoms with Crippen LogP contribution in [0.15, 0.2) is 81.6 Å². The Kier molecular flexibility index (Phi) is 10.3. The average Bonchev–Trinajstić information content (AvgIpc) is 3.87. The van der Waals surface area contributed by atoms with Crippen LogP contribution in [0.1, 0.15) is 47.5 Å². The lowest BCUT2D eigenvalue weighted by molar-refractivity contribution is -0.152. The number of carbonyl (C=O) groups excluding carboxylic acids is 2. The number of halogens is 4. The van der Waals surface area contributed by atoms with Gasteiger partial charge in [-0.1, -0.05) is 42.0 Å². The first-order valence-electron chi connectivity index (χ1n) is 15.0. The van der Waals surface area contributed by atoms with Crippen LogP contribution in [0.3, 0.4) is 0 Å². The van der Waals surface area contributed by atoms with E-state index in [-0.39, 0.29) is 40.6 Å². The number of carboxylic acid groups (broad SMARTS) is 1. The second-order valence-electron chi connectivity index (χ2n) is 11.3. The molecule has 15 heteroatoms. The number of aryl methyl sites for hydroxylation is 2. The molecule has 1 atom stereocenters. The summed E-state index contributed by atoms with van der Waals surface area (Å²) in [6.45, 7) is 4.00. The molecule has 0 bridgehead atoms. The number of aromatic nitrogens is 1. The molecule has 0 radical (unpaired) electrons. The fraction of sp³-hybridized carbons (Fsp3) is 0.200. The molecule has 3 aromatic carbocycles. The number of nitrogens with zero attached hydrogens (tertiary/aromatic N) is 2. The largest absolute Gasteiger partial charge is 0.478 e. The lowest BCUT2D eigenvalue weighted by atomic mass is 10.1. The molecule has 6 aromatic rings. The number of rotatable bonds is 6. The lowest BCUT2D eigenvalue weighted by Crippen LogP contribution is -2.44. The Labute approximate surface area is 305 Å². The van der Waals surface area contributed by atoms with Crippen LogP contribution in [-0.2, 0) is 6.18 Å². The molecule has 1 aliphatic heterocycles. The van der Waals surface area contributed by atoms with Crippen molar-refractivity contribution in [2.24, 2.45) is 0 Å². The van der Waals surface area contributed by atoms with E-state index < -0.39 is 23.8 Å². The topological polar surface area (TPSA) is 126 Å². The van der Waals surface area contributed by atoms with E-state index in [2.05, 4.69) is 10.3 Å². The number of carbonyl (C=O) groups is 3. The summed E-state index contributed by atoms with van der Waals surface area (Å²) in [5.41, 5.74) is 3.35. The maximum atomic E-state index is 13.6. The average molecular weight is 834 g/mol. The molecule has 1 fully saturated rings. The minimum Gasteiger partial charge on any atom is -0.478 e. The molecular weight excluding hydrogens is 806 g/mol. The highest BCUT2D eigenvalue weighted by Crippen LogP contribution is 2.36. The predicted octanol–water partition coefficient (Wildman–Crippen LogP) is 8.87. The molecule has 2 amide bonds. The van der Waals surface area contributed by atoms with Crippen molar-refractivity contribution in [1.29, 1.82) is 0 Å². The van der Waals surface area contributed by atoms with Gasteiger partial charge < -0.3 is 24.2 Å². The minimum atomic E-state index is -4.65. The minimum absolute atomic E-state index is 0.0178. The van der Waals surface area contributed by atoms with Crippen molar-refractivity contribution in [3.8, 4) is 10.4 Å². The summed E-state index contributed by atoms with van der Waals surface area (Å²) in [6, 6.07) is 19.5. The summed E-state index contributed by atoms with van der Waals surface area (Å²) in [4.78, 5) is 44.3. The molecule has 7 rings (SSSR count). The zero-order valence-electron chi connectivity index (χ0n) is 26.3. The first-order valence-corrected chi connectivity index (χ1v) is 18.1. The van der Waals surface area contributed by atoms with Crippen molar-refractivity contribution >= 4 is 85.4 Å². The van der Waals surface area contributed by atoms with E-state index in [9.17, 15) is 27.6 Å². The SMILES string of the molecule is Cc1cccc(-c2sc(C)nc2C(=O)N2CSCC2CNC(=O)c2cccc3oc(C(F)(F)F)cc23)c1.O=C(O)c1cccc2oc(I)cc12. The third-order valence-electron chi connectivity index (χ3n) is 7.80. The quantitative estimate of drug-likeness (QED) is 0.160. The van der Waals surface area contributed by atoms with Gasteiger partial charge in [0.25, 0.3) is 11.8 Å². The first kappa shape index (κ1) is 35.5. The number of nitrogens with one attached hydrogen (secondary N) is 1. The summed E-state index contributed by atoms with van der Waals surface area (Å²) >= 11 is 5.04. The van der Waals surface area contributed by atoms with E-state index in [0.29, 0.717) is 32.1 Å². The highest BCUT2D eigenvalue weighted by atomic mass is 127. The number of benzene rings is 3. The summed E-state index contributed by atoms with van der Waals surface area (Å²) in [5, 5.41) is 13.2. The highest BCUT2D eigenvalue weighted by molar-refractivity contribution is 14.1. The second kappa shape index (κ2) is 14.5.